The number of halogens is 3. The van der Waals surface area contributed by atoms with Crippen LogP contribution in [-0.2, 0) is 17.5 Å². The molecule has 0 aliphatic heterocycles. The van der Waals surface area contributed by atoms with Gasteiger partial charge in [-0.25, -0.2) is 4.98 Å². The molecule has 3 aromatic rings. The number of H-pyrrole nitrogens is 1. The summed E-state index contributed by atoms with van der Waals surface area (Å²) in [5.41, 5.74) is -1.55. The third-order valence-electron chi connectivity index (χ3n) is 5.12. The Morgan fingerprint density at radius 3 is 2.50 bits per heavy atom. The third kappa shape index (κ3) is 5.08. The van der Waals surface area contributed by atoms with E-state index in [1.54, 1.807) is 0 Å². The van der Waals surface area contributed by atoms with E-state index in [0.717, 1.165) is 12.1 Å². The van der Waals surface area contributed by atoms with Gasteiger partial charge in [0.05, 0.1) is 25.5 Å². The quantitative estimate of drug-likeness (QED) is 0.455. The van der Waals surface area contributed by atoms with Gasteiger partial charge in [-0.1, -0.05) is 0 Å². The van der Waals surface area contributed by atoms with Crippen LogP contribution >= 0.6 is 0 Å². The maximum Gasteiger partial charge on any atom is 0.420 e. The van der Waals surface area contributed by atoms with Gasteiger partial charge in [0, 0.05) is 0 Å². The molecule has 1 aliphatic rings. The van der Waals surface area contributed by atoms with Crippen LogP contribution in [0.15, 0.2) is 42.9 Å². The van der Waals surface area contributed by atoms with Crippen molar-refractivity contribution >= 4 is 11.8 Å². The molecule has 10 nitrogen and oxygen atoms in total. The number of ether oxygens (including phenoxy) is 2. The molecule has 0 unspecified atom stereocenters. The number of carbonyl (C=O) groups excluding carboxylic acids is 2. The fraction of sp³-hybridized carbons (Fsp3) is 0.286. The normalized spacial score (nSPS) is 14.2. The minimum atomic E-state index is -4.64. The molecule has 13 heteroatoms. The zero-order valence-corrected chi connectivity index (χ0v) is 17.8. The summed E-state index contributed by atoms with van der Waals surface area (Å²) in [6.45, 7) is 0.0510. The highest BCUT2D eigenvalue weighted by Crippen LogP contribution is 2.40. The average molecular weight is 476 g/mol. The van der Waals surface area contributed by atoms with Crippen molar-refractivity contribution in [2.75, 3.05) is 7.11 Å². The van der Waals surface area contributed by atoms with Crippen LogP contribution in [0.25, 0.3) is 0 Å². The van der Waals surface area contributed by atoms with E-state index >= 15 is 0 Å². The number of rotatable bonds is 8. The van der Waals surface area contributed by atoms with E-state index in [1.807, 2.05) is 0 Å². The number of aromatic amines is 1. The lowest BCUT2D eigenvalue weighted by Gasteiger charge is -2.16. The molecule has 0 spiro atoms. The fourth-order valence-corrected chi connectivity index (χ4v) is 3.11. The Labute approximate surface area is 190 Å². The van der Waals surface area contributed by atoms with E-state index in [1.165, 1.54) is 37.8 Å². The van der Waals surface area contributed by atoms with E-state index in [0.29, 0.717) is 18.5 Å². The van der Waals surface area contributed by atoms with Crippen molar-refractivity contribution in [3.05, 3.63) is 59.9 Å². The Hall–Kier alpha value is -4.16. The van der Waals surface area contributed by atoms with Crippen molar-refractivity contribution in [3.63, 3.8) is 0 Å². The molecule has 0 radical (unpaired) electrons. The number of hydrogen-bond acceptors (Lipinski definition) is 7. The summed E-state index contributed by atoms with van der Waals surface area (Å²) in [5, 5.41) is 11.4. The molecule has 1 fully saturated rings. The first kappa shape index (κ1) is 23.0. The SMILES string of the molecule is COc1ccc(Oc2ccc(CNC(=O)C3(NC(=O)c4ncn[nH]4)CC3)nc2)c(C(F)(F)F)c1. The van der Waals surface area contributed by atoms with Gasteiger partial charge in [-0.2, -0.15) is 18.3 Å². The van der Waals surface area contributed by atoms with Gasteiger partial charge in [0.25, 0.3) is 5.91 Å². The second kappa shape index (κ2) is 9.00. The molecule has 1 aliphatic carbocycles. The van der Waals surface area contributed by atoms with Gasteiger partial charge in [-0.15, -0.1) is 0 Å². The maximum atomic E-state index is 13.3. The van der Waals surface area contributed by atoms with Crippen LogP contribution < -0.4 is 20.1 Å². The second-order valence-electron chi connectivity index (χ2n) is 7.50. The topological polar surface area (TPSA) is 131 Å². The number of nitrogens with one attached hydrogen (secondary N) is 3. The standard InChI is InChI=1S/C21H19F3N6O4/c1-33-13-4-5-16(15(8-13)21(22,23)24)34-14-3-2-12(25-10-14)9-26-19(32)20(6-7-20)29-18(31)17-27-11-28-30-17/h2-5,8,10-11H,6-7,9H2,1H3,(H,26,32)(H,29,31)(H,27,28,30). The Bertz CT molecular complexity index is 1180. The summed E-state index contributed by atoms with van der Waals surface area (Å²) in [6.07, 6.45) is -1.25. The van der Waals surface area contributed by atoms with Crippen LogP contribution in [0.1, 0.15) is 34.7 Å². The van der Waals surface area contributed by atoms with Gasteiger partial charge >= 0.3 is 6.18 Å². The largest absolute Gasteiger partial charge is 0.497 e. The van der Waals surface area contributed by atoms with Crippen LogP contribution in [0.5, 0.6) is 17.2 Å². The number of carbonyl (C=O) groups is 2. The Kier molecular flexibility index (Phi) is 6.09. The fourth-order valence-electron chi connectivity index (χ4n) is 3.11. The van der Waals surface area contributed by atoms with Crippen molar-refractivity contribution < 1.29 is 32.2 Å². The summed E-state index contributed by atoms with van der Waals surface area (Å²) < 4.78 is 50.3. The van der Waals surface area contributed by atoms with Gasteiger partial charge in [0.2, 0.25) is 11.7 Å². The van der Waals surface area contributed by atoms with Crippen molar-refractivity contribution in [1.29, 1.82) is 0 Å². The predicted molar refractivity (Wildman–Crippen MR) is 110 cm³/mol. The molecule has 4 rings (SSSR count). The molecule has 34 heavy (non-hydrogen) atoms. The number of methoxy groups -OCH3 is 1. The molecule has 0 atom stereocenters. The molecule has 1 aromatic carbocycles. The molecule has 2 aromatic heterocycles. The summed E-state index contributed by atoms with van der Waals surface area (Å²) >= 11 is 0. The van der Waals surface area contributed by atoms with Crippen molar-refractivity contribution in [2.45, 2.75) is 31.1 Å². The molecule has 0 saturated heterocycles. The van der Waals surface area contributed by atoms with E-state index in [4.69, 9.17) is 9.47 Å². The number of benzene rings is 1. The van der Waals surface area contributed by atoms with Crippen LogP contribution in [0.3, 0.4) is 0 Å². The maximum absolute atomic E-state index is 13.3. The highest BCUT2D eigenvalue weighted by atomic mass is 19.4. The van der Waals surface area contributed by atoms with Crippen LogP contribution in [0, 0.1) is 0 Å². The van der Waals surface area contributed by atoms with E-state index < -0.39 is 28.9 Å². The van der Waals surface area contributed by atoms with Gasteiger partial charge < -0.3 is 20.1 Å². The summed E-state index contributed by atoms with van der Waals surface area (Å²) in [4.78, 5) is 32.5. The van der Waals surface area contributed by atoms with E-state index in [9.17, 15) is 22.8 Å². The highest BCUT2D eigenvalue weighted by Gasteiger charge is 2.51. The lowest BCUT2D eigenvalue weighted by atomic mass is 10.2. The number of alkyl halides is 3. The first-order valence-corrected chi connectivity index (χ1v) is 10.0. The molecule has 2 amide bonds. The third-order valence-corrected chi connectivity index (χ3v) is 5.12. The zero-order valence-electron chi connectivity index (χ0n) is 17.8. The van der Waals surface area contributed by atoms with E-state index in [-0.39, 0.29) is 29.8 Å². The molecule has 2 heterocycles. The van der Waals surface area contributed by atoms with Gasteiger partial charge in [0.15, 0.2) is 0 Å². The molecule has 3 N–H and O–H groups in total. The van der Waals surface area contributed by atoms with Crippen LogP contribution in [-0.4, -0.2) is 44.6 Å². The van der Waals surface area contributed by atoms with Crippen molar-refractivity contribution in [1.82, 2.24) is 30.8 Å². The molecular formula is C21H19F3N6O4. The molecular weight excluding hydrogens is 457 g/mol. The minimum Gasteiger partial charge on any atom is -0.497 e. The highest BCUT2D eigenvalue weighted by molar-refractivity contribution is 5.98. The summed E-state index contributed by atoms with van der Waals surface area (Å²) in [5.74, 6) is -1.17. The Morgan fingerprint density at radius 1 is 1.15 bits per heavy atom. The van der Waals surface area contributed by atoms with Crippen LogP contribution in [0.4, 0.5) is 13.2 Å². The number of amides is 2. The van der Waals surface area contributed by atoms with E-state index in [2.05, 4.69) is 30.8 Å². The first-order chi connectivity index (χ1) is 16.2. The number of aromatic nitrogens is 4. The lowest BCUT2D eigenvalue weighted by molar-refractivity contribution is -0.138. The molecule has 0 bridgehead atoms. The summed E-state index contributed by atoms with van der Waals surface area (Å²) in [7, 11) is 1.27. The second-order valence-corrected chi connectivity index (χ2v) is 7.50. The Morgan fingerprint density at radius 2 is 1.91 bits per heavy atom. The predicted octanol–water partition coefficient (Wildman–Crippen LogP) is 2.60. The number of pyridine rings is 1. The molecule has 1 saturated carbocycles. The Balaban J connectivity index is 1.36. The number of nitrogens with zero attached hydrogens (tertiary/aromatic N) is 3. The van der Waals surface area contributed by atoms with Gasteiger partial charge in [-0.05, 0) is 43.2 Å². The average Bonchev–Trinajstić information content (AvgIpc) is 3.38. The smallest absolute Gasteiger partial charge is 0.420 e. The van der Waals surface area contributed by atoms with Crippen LogP contribution in [0.2, 0.25) is 0 Å². The lowest BCUT2D eigenvalue weighted by Crippen LogP contribution is -2.49. The first-order valence-electron chi connectivity index (χ1n) is 10.0. The molecule has 178 valence electrons. The summed E-state index contributed by atoms with van der Waals surface area (Å²) in [6, 6.07) is 6.33. The minimum absolute atomic E-state index is 0.00173. The van der Waals surface area contributed by atoms with Crippen molar-refractivity contribution in [2.24, 2.45) is 0 Å². The van der Waals surface area contributed by atoms with Gasteiger partial charge in [0.1, 0.15) is 34.7 Å². The van der Waals surface area contributed by atoms with Crippen molar-refractivity contribution in [3.8, 4) is 17.2 Å². The van der Waals surface area contributed by atoms with Gasteiger partial charge in [-0.3, -0.25) is 19.7 Å². The number of hydrogen-bond donors (Lipinski definition) is 3. The monoisotopic (exact) mass is 476 g/mol. The zero-order chi connectivity index (χ0) is 24.3.